The predicted octanol–water partition coefficient (Wildman–Crippen LogP) is 2.01. The quantitative estimate of drug-likeness (QED) is 0.880. The Hall–Kier alpha value is -1.60. The van der Waals surface area contributed by atoms with Crippen molar-refractivity contribution in [3.05, 3.63) is 28.7 Å². The number of urea groups is 1. The largest absolute Gasteiger partial charge is 0.481 e. The van der Waals surface area contributed by atoms with Crippen LogP contribution in [0.1, 0.15) is 0 Å². The number of anilines is 1. The number of aliphatic carboxylic acids is 1. The zero-order valence-electron chi connectivity index (χ0n) is 10.9. The van der Waals surface area contributed by atoms with E-state index in [1.807, 2.05) is 12.1 Å². The Morgan fingerprint density at radius 2 is 2.10 bits per heavy atom. The van der Waals surface area contributed by atoms with E-state index in [0.29, 0.717) is 5.69 Å². The van der Waals surface area contributed by atoms with Crippen LogP contribution in [0.15, 0.2) is 28.7 Å². The Morgan fingerprint density at radius 1 is 1.40 bits per heavy atom. The van der Waals surface area contributed by atoms with Crippen LogP contribution < -0.4 is 5.32 Å². The molecule has 6 nitrogen and oxygen atoms in total. The Balaban J connectivity index is 2.05. The summed E-state index contributed by atoms with van der Waals surface area (Å²) in [7, 11) is 1.57. The SMILES string of the molecule is CN(C(=O)Nc1ccccc1Br)C1COCC1C(=O)O. The molecule has 2 N–H and O–H groups in total. The number of carbonyl (C=O) groups excluding carboxylic acids is 1. The Bertz CT molecular complexity index is 523. The lowest BCUT2D eigenvalue weighted by Gasteiger charge is -2.26. The average molecular weight is 343 g/mol. The zero-order valence-corrected chi connectivity index (χ0v) is 12.5. The van der Waals surface area contributed by atoms with Gasteiger partial charge in [-0.1, -0.05) is 12.1 Å². The number of para-hydroxylation sites is 1. The Morgan fingerprint density at radius 3 is 2.75 bits per heavy atom. The normalized spacial score (nSPS) is 21.5. The van der Waals surface area contributed by atoms with Gasteiger partial charge in [0.2, 0.25) is 0 Å². The van der Waals surface area contributed by atoms with Gasteiger partial charge in [0.15, 0.2) is 0 Å². The number of carbonyl (C=O) groups is 2. The second-order valence-corrected chi connectivity index (χ2v) is 5.42. The molecule has 7 heteroatoms. The second-order valence-electron chi connectivity index (χ2n) is 4.57. The molecule has 2 unspecified atom stereocenters. The molecule has 1 heterocycles. The fourth-order valence-corrected chi connectivity index (χ4v) is 2.46. The molecular formula is C13H15BrN2O4. The van der Waals surface area contributed by atoms with E-state index >= 15 is 0 Å². The number of carboxylic acids is 1. The summed E-state index contributed by atoms with van der Waals surface area (Å²) in [5.74, 6) is -1.64. The van der Waals surface area contributed by atoms with Gasteiger partial charge in [-0.2, -0.15) is 0 Å². The molecule has 1 aliphatic rings. The summed E-state index contributed by atoms with van der Waals surface area (Å²) in [6, 6.07) is 6.39. The van der Waals surface area contributed by atoms with E-state index in [1.54, 1.807) is 19.2 Å². The van der Waals surface area contributed by atoms with Crippen LogP contribution in [-0.4, -0.2) is 48.3 Å². The predicted molar refractivity (Wildman–Crippen MR) is 76.7 cm³/mol. The summed E-state index contributed by atoms with van der Waals surface area (Å²) >= 11 is 3.34. The first-order valence-corrected chi connectivity index (χ1v) is 6.89. The average Bonchev–Trinajstić information content (AvgIpc) is 2.89. The van der Waals surface area contributed by atoms with Crippen LogP contribution in [0.2, 0.25) is 0 Å². The van der Waals surface area contributed by atoms with Crippen LogP contribution in [0.25, 0.3) is 0 Å². The maximum absolute atomic E-state index is 12.2. The number of halogens is 1. The number of hydrogen-bond acceptors (Lipinski definition) is 3. The third kappa shape index (κ3) is 3.10. The molecule has 0 saturated carbocycles. The lowest BCUT2D eigenvalue weighted by atomic mass is 10.0. The van der Waals surface area contributed by atoms with Gasteiger partial charge in [-0.3, -0.25) is 4.79 Å². The number of nitrogens with zero attached hydrogens (tertiary/aromatic N) is 1. The van der Waals surface area contributed by atoms with Gasteiger partial charge in [0.25, 0.3) is 0 Å². The highest BCUT2D eigenvalue weighted by Gasteiger charge is 2.38. The van der Waals surface area contributed by atoms with Crippen molar-refractivity contribution >= 4 is 33.6 Å². The van der Waals surface area contributed by atoms with Crippen molar-refractivity contribution in [2.24, 2.45) is 5.92 Å². The highest BCUT2D eigenvalue weighted by Crippen LogP contribution is 2.23. The van der Waals surface area contributed by atoms with E-state index in [0.717, 1.165) is 4.47 Å². The minimum absolute atomic E-state index is 0.132. The number of carboxylic acid groups (broad SMARTS) is 1. The van der Waals surface area contributed by atoms with E-state index in [2.05, 4.69) is 21.2 Å². The number of benzene rings is 1. The van der Waals surface area contributed by atoms with Crippen molar-refractivity contribution < 1.29 is 19.4 Å². The molecule has 2 amide bonds. The summed E-state index contributed by atoms with van der Waals surface area (Å²) < 4.78 is 5.93. The number of nitrogens with one attached hydrogen (secondary N) is 1. The maximum atomic E-state index is 12.2. The number of rotatable bonds is 3. The first-order valence-electron chi connectivity index (χ1n) is 6.09. The van der Waals surface area contributed by atoms with Crippen LogP contribution in [0, 0.1) is 5.92 Å². The molecule has 1 aromatic carbocycles. The van der Waals surface area contributed by atoms with Crippen LogP contribution in [0.5, 0.6) is 0 Å². The second kappa shape index (κ2) is 6.23. The van der Waals surface area contributed by atoms with Crippen molar-refractivity contribution in [1.29, 1.82) is 0 Å². The number of amides is 2. The minimum atomic E-state index is -0.951. The number of ether oxygens (including phenoxy) is 1. The highest BCUT2D eigenvalue weighted by atomic mass is 79.9. The molecule has 0 aromatic heterocycles. The van der Waals surface area contributed by atoms with Crippen molar-refractivity contribution in [3.63, 3.8) is 0 Å². The van der Waals surface area contributed by atoms with E-state index in [4.69, 9.17) is 9.84 Å². The molecule has 0 radical (unpaired) electrons. The summed E-state index contributed by atoms with van der Waals surface area (Å²) in [4.78, 5) is 24.7. The van der Waals surface area contributed by atoms with Crippen LogP contribution in [0.4, 0.5) is 10.5 Å². The van der Waals surface area contributed by atoms with Gasteiger partial charge in [0, 0.05) is 11.5 Å². The van der Waals surface area contributed by atoms with Gasteiger partial charge >= 0.3 is 12.0 Å². The summed E-state index contributed by atoms with van der Waals surface area (Å²) in [6.07, 6.45) is 0. The molecule has 1 fully saturated rings. The first-order chi connectivity index (χ1) is 9.50. The van der Waals surface area contributed by atoms with Crippen molar-refractivity contribution in [2.45, 2.75) is 6.04 Å². The molecular weight excluding hydrogens is 328 g/mol. The molecule has 1 saturated heterocycles. The number of hydrogen-bond donors (Lipinski definition) is 2. The highest BCUT2D eigenvalue weighted by molar-refractivity contribution is 9.10. The Labute approximate surface area is 124 Å². The van der Waals surface area contributed by atoms with E-state index in [-0.39, 0.29) is 19.2 Å². The van der Waals surface area contributed by atoms with Crippen molar-refractivity contribution in [1.82, 2.24) is 4.90 Å². The van der Waals surface area contributed by atoms with Crippen molar-refractivity contribution in [2.75, 3.05) is 25.6 Å². The molecule has 0 bridgehead atoms. The third-order valence-electron chi connectivity index (χ3n) is 3.30. The minimum Gasteiger partial charge on any atom is -0.481 e. The van der Waals surface area contributed by atoms with Gasteiger partial charge in [0.05, 0.1) is 24.9 Å². The summed E-state index contributed by atoms with van der Waals surface area (Å²) in [5, 5.41) is 11.8. The third-order valence-corrected chi connectivity index (χ3v) is 3.99. The summed E-state index contributed by atoms with van der Waals surface area (Å²) in [5.41, 5.74) is 0.634. The molecule has 20 heavy (non-hydrogen) atoms. The molecule has 1 aliphatic heterocycles. The van der Waals surface area contributed by atoms with E-state index < -0.39 is 17.9 Å². The van der Waals surface area contributed by atoms with Crippen molar-refractivity contribution in [3.8, 4) is 0 Å². The standard InChI is InChI=1S/C13H15BrN2O4/c1-16(11-7-20-6-8(11)12(17)18)13(19)15-10-5-3-2-4-9(10)14/h2-5,8,11H,6-7H2,1H3,(H,15,19)(H,17,18). The van der Waals surface area contributed by atoms with Crippen LogP contribution in [-0.2, 0) is 9.53 Å². The number of likely N-dealkylation sites (N-methyl/N-ethyl adjacent to an activating group) is 1. The molecule has 0 spiro atoms. The molecule has 1 aromatic rings. The Kier molecular flexibility index (Phi) is 4.61. The smallest absolute Gasteiger partial charge is 0.321 e. The molecule has 2 rings (SSSR count). The zero-order chi connectivity index (χ0) is 14.7. The molecule has 2 atom stereocenters. The monoisotopic (exact) mass is 342 g/mol. The lowest BCUT2D eigenvalue weighted by Crippen LogP contribution is -2.45. The van der Waals surface area contributed by atoms with Gasteiger partial charge in [-0.15, -0.1) is 0 Å². The lowest BCUT2D eigenvalue weighted by molar-refractivity contribution is -0.142. The summed E-state index contributed by atoms with van der Waals surface area (Å²) in [6.45, 7) is 0.365. The van der Waals surface area contributed by atoms with Gasteiger partial charge < -0.3 is 20.1 Å². The van der Waals surface area contributed by atoms with Gasteiger partial charge in [-0.05, 0) is 28.1 Å². The topological polar surface area (TPSA) is 78.9 Å². The van der Waals surface area contributed by atoms with Gasteiger partial charge in [-0.25, -0.2) is 4.79 Å². The van der Waals surface area contributed by atoms with Gasteiger partial charge in [0.1, 0.15) is 5.92 Å². The van der Waals surface area contributed by atoms with E-state index in [1.165, 1.54) is 4.90 Å². The fourth-order valence-electron chi connectivity index (χ4n) is 2.08. The van der Waals surface area contributed by atoms with E-state index in [9.17, 15) is 9.59 Å². The molecule has 0 aliphatic carbocycles. The van der Waals surface area contributed by atoms with Crippen LogP contribution in [0.3, 0.4) is 0 Å². The fraction of sp³-hybridized carbons (Fsp3) is 0.385. The first kappa shape index (κ1) is 14.8. The molecule has 108 valence electrons. The maximum Gasteiger partial charge on any atom is 0.321 e. The van der Waals surface area contributed by atoms with Crippen LogP contribution >= 0.6 is 15.9 Å².